The second-order valence-electron chi connectivity index (χ2n) is 4.73. The van der Waals surface area contributed by atoms with Crippen LogP contribution in [0.4, 0.5) is 9.93 Å². The summed E-state index contributed by atoms with van der Waals surface area (Å²) in [5.41, 5.74) is 0. The molecule has 1 saturated heterocycles. The Bertz CT molecular complexity index is 491. The summed E-state index contributed by atoms with van der Waals surface area (Å²) < 4.78 is 0. The minimum Gasteiger partial charge on any atom is -0.481 e. The first-order valence-corrected chi connectivity index (χ1v) is 7.53. The van der Waals surface area contributed by atoms with Crippen LogP contribution in [-0.2, 0) is 11.2 Å². The first-order valence-electron chi connectivity index (χ1n) is 6.72. The molecule has 2 rings (SSSR count). The number of rotatable bonds is 4. The molecule has 1 unspecified atom stereocenters. The van der Waals surface area contributed by atoms with Gasteiger partial charge >= 0.3 is 12.0 Å². The van der Waals surface area contributed by atoms with E-state index in [-0.39, 0.29) is 18.5 Å². The molecule has 110 valence electrons. The molecule has 1 aromatic rings. The van der Waals surface area contributed by atoms with Crippen molar-refractivity contribution in [3.63, 3.8) is 0 Å². The third-order valence-corrected chi connectivity index (χ3v) is 4.26. The number of hydrogen-bond donors (Lipinski definition) is 2. The number of nitrogens with zero attached hydrogens (tertiary/aromatic N) is 3. The summed E-state index contributed by atoms with van der Waals surface area (Å²) in [5.74, 6) is -0.876. The quantitative estimate of drug-likeness (QED) is 0.886. The molecule has 8 heteroatoms. The highest BCUT2D eigenvalue weighted by atomic mass is 32.1. The van der Waals surface area contributed by atoms with Crippen molar-refractivity contribution in [1.29, 1.82) is 0 Å². The van der Waals surface area contributed by atoms with Gasteiger partial charge < -0.3 is 10.0 Å². The summed E-state index contributed by atoms with van der Waals surface area (Å²) >= 11 is 1.34. The molecule has 1 aromatic heterocycles. The number of carboxylic acids is 1. The molecule has 1 aliphatic rings. The van der Waals surface area contributed by atoms with Crippen molar-refractivity contribution in [3.8, 4) is 0 Å². The van der Waals surface area contributed by atoms with Crippen LogP contribution in [0.2, 0.25) is 0 Å². The summed E-state index contributed by atoms with van der Waals surface area (Å²) in [6, 6.07) is -0.519. The zero-order valence-corrected chi connectivity index (χ0v) is 12.2. The Labute approximate surface area is 121 Å². The zero-order valence-electron chi connectivity index (χ0n) is 11.3. The molecule has 0 bridgehead atoms. The number of aromatic nitrogens is 2. The fraction of sp³-hybridized carbons (Fsp3) is 0.667. The molecule has 2 amide bonds. The third-order valence-electron chi connectivity index (χ3n) is 3.28. The van der Waals surface area contributed by atoms with Gasteiger partial charge in [0.15, 0.2) is 0 Å². The van der Waals surface area contributed by atoms with Crippen LogP contribution in [0.15, 0.2) is 0 Å². The molecule has 1 atom stereocenters. The van der Waals surface area contributed by atoms with Crippen LogP contribution in [0.25, 0.3) is 0 Å². The molecule has 7 nitrogen and oxygen atoms in total. The van der Waals surface area contributed by atoms with E-state index in [0.29, 0.717) is 11.7 Å². The highest BCUT2D eigenvalue weighted by Crippen LogP contribution is 2.22. The monoisotopic (exact) mass is 298 g/mol. The Morgan fingerprint density at radius 2 is 2.25 bits per heavy atom. The van der Waals surface area contributed by atoms with Gasteiger partial charge in [0.2, 0.25) is 5.13 Å². The van der Waals surface area contributed by atoms with E-state index >= 15 is 0 Å². The number of nitrogens with one attached hydrogen (secondary N) is 1. The largest absolute Gasteiger partial charge is 0.481 e. The highest BCUT2D eigenvalue weighted by Gasteiger charge is 2.28. The highest BCUT2D eigenvalue weighted by molar-refractivity contribution is 7.15. The second kappa shape index (κ2) is 6.65. The standard InChI is InChI=1S/C12H18N4O3S/c1-2-9-14-15-11(20-9)13-12(19)16-6-4-3-5-8(16)7-10(17)18/h8H,2-7H2,1H3,(H,17,18)(H,13,15,19). The van der Waals surface area contributed by atoms with E-state index in [0.717, 1.165) is 30.7 Å². The van der Waals surface area contributed by atoms with Crippen LogP contribution >= 0.6 is 11.3 Å². The average Bonchev–Trinajstić information content (AvgIpc) is 2.86. The Kier molecular flexibility index (Phi) is 4.89. The van der Waals surface area contributed by atoms with Crippen LogP contribution in [0.5, 0.6) is 0 Å². The minimum absolute atomic E-state index is 0.0102. The van der Waals surface area contributed by atoms with Crippen LogP contribution in [-0.4, -0.2) is 44.8 Å². The number of carbonyl (C=O) groups is 2. The van der Waals surface area contributed by atoms with Gasteiger partial charge in [0.25, 0.3) is 0 Å². The fourth-order valence-electron chi connectivity index (χ4n) is 2.29. The molecule has 1 fully saturated rings. The number of hydrogen-bond acceptors (Lipinski definition) is 5. The number of carbonyl (C=O) groups excluding carboxylic acids is 1. The van der Waals surface area contributed by atoms with Crippen LogP contribution in [0.1, 0.15) is 37.6 Å². The maximum atomic E-state index is 12.2. The van der Waals surface area contributed by atoms with E-state index in [1.54, 1.807) is 4.90 Å². The molecule has 1 aliphatic heterocycles. The van der Waals surface area contributed by atoms with Gasteiger partial charge in [0.05, 0.1) is 6.42 Å². The SMILES string of the molecule is CCc1nnc(NC(=O)N2CCCCC2CC(=O)O)s1. The molecular formula is C12H18N4O3S. The maximum absolute atomic E-state index is 12.2. The van der Waals surface area contributed by atoms with E-state index in [9.17, 15) is 9.59 Å². The van der Waals surface area contributed by atoms with E-state index in [2.05, 4.69) is 15.5 Å². The van der Waals surface area contributed by atoms with E-state index in [1.165, 1.54) is 11.3 Å². The number of piperidine rings is 1. The summed E-state index contributed by atoms with van der Waals surface area (Å²) in [6.45, 7) is 2.56. The number of aliphatic carboxylic acids is 1. The normalized spacial score (nSPS) is 18.9. The van der Waals surface area contributed by atoms with Gasteiger partial charge in [-0.25, -0.2) is 4.79 Å². The average molecular weight is 298 g/mol. The van der Waals surface area contributed by atoms with Gasteiger partial charge in [-0.2, -0.15) is 0 Å². The van der Waals surface area contributed by atoms with Crippen molar-refractivity contribution in [1.82, 2.24) is 15.1 Å². The molecule has 2 N–H and O–H groups in total. The first kappa shape index (κ1) is 14.7. The van der Waals surface area contributed by atoms with Crippen molar-refractivity contribution in [2.24, 2.45) is 0 Å². The van der Waals surface area contributed by atoms with Crippen LogP contribution in [0, 0.1) is 0 Å². The third kappa shape index (κ3) is 3.66. The van der Waals surface area contributed by atoms with E-state index in [4.69, 9.17) is 5.11 Å². The summed E-state index contributed by atoms with van der Waals surface area (Å²) in [4.78, 5) is 24.7. The molecule has 2 heterocycles. The van der Waals surface area contributed by atoms with Crippen molar-refractivity contribution >= 4 is 28.5 Å². The second-order valence-corrected chi connectivity index (χ2v) is 5.79. The van der Waals surface area contributed by atoms with Gasteiger partial charge in [0, 0.05) is 12.6 Å². The number of urea groups is 1. The Hall–Kier alpha value is -1.70. The molecule has 0 spiro atoms. The topological polar surface area (TPSA) is 95.4 Å². The van der Waals surface area contributed by atoms with Crippen molar-refractivity contribution < 1.29 is 14.7 Å². The lowest BCUT2D eigenvalue weighted by atomic mass is 10.00. The van der Waals surface area contributed by atoms with E-state index < -0.39 is 5.97 Å². The lowest BCUT2D eigenvalue weighted by molar-refractivity contribution is -0.138. The first-order chi connectivity index (χ1) is 9.60. The number of aryl methyl sites for hydroxylation is 1. The lowest BCUT2D eigenvalue weighted by Gasteiger charge is -2.34. The van der Waals surface area contributed by atoms with Crippen LogP contribution < -0.4 is 5.32 Å². The number of anilines is 1. The van der Waals surface area contributed by atoms with Gasteiger partial charge in [-0.3, -0.25) is 10.1 Å². The summed E-state index contributed by atoms with van der Waals surface area (Å²) in [5, 5.41) is 20.8. The zero-order chi connectivity index (χ0) is 14.5. The molecule has 0 aromatic carbocycles. The van der Waals surface area contributed by atoms with Crippen molar-refractivity contribution in [3.05, 3.63) is 5.01 Å². The van der Waals surface area contributed by atoms with E-state index in [1.807, 2.05) is 6.92 Å². The molecule has 20 heavy (non-hydrogen) atoms. The number of amides is 2. The predicted octanol–water partition coefficient (Wildman–Crippen LogP) is 1.96. The molecular weight excluding hydrogens is 280 g/mol. The Morgan fingerprint density at radius 3 is 2.90 bits per heavy atom. The summed E-state index contributed by atoms with van der Waals surface area (Å²) in [6.07, 6.45) is 3.36. The Balaban J connectivity index is 1.99. The Morgan fingerprint density at radius 1 is 1.45 bits per heavy atom. The van der Waals surface area contributed by atoms with Gasteiger partial charge in [-0.1, -0.05) is 18.3 Å². The molecule has 0 radical (unpaired) electrons. The maximum Gasteiger partial charge on any atom is 0.323 e. The predicted molar refractivity (Wildman–Crippen MR) is 74.9 cm³/mol. The van der Waals surface area contributed by atoms with Crippen LogP contribution in [0.3, 0.4) is 0 Å². The van der Waals surface area contributed by atoms with Crippen molar-refractivity contribution in [2.75, 3.05) is 11.9 Å². The minimum atomic E-state index is -0.876. The summed E-state index contributed by atoms with van der Waals surface area (Å²) in [7, 11) is 0. The van der Waals surface area contributed by atoms with Gasteiger partial charge in [0.1, 0.15) is 5.01 Å². The van der Waals surface area contributed by atoms with Crippen molar-refractivity contribution in [2.45, 2.75) is 45.1 Å². The van der Waals surface area contributed by atoms with Gasteiger partial charge in [-0.15, -0.1) is 10.2 Å². The van der Waals surface area contributed by atoms with Gasteiger partial charge in [-0.05, 0) is 25.7 Å². The lowest BCUT2D eigenvalue weighted by Crippen LogP contribution is -2.46. The molecule has 0 aliphatic carbocycles. The molecule has 0 saturated carbocycles. The number of likely N-dealkylation sites (tertiary alicyclic amines) is 1. The smallest absolute Gasteiger partial charge is 0.323 e. The fourth-order valence-corrected chi connectivity index (χ4v) is 2.96. The number of carboxylic acid groups (broad SMARTS) is 1.